The molecule has 1 heterocycles. The van der Waals surface area contributed by atoms with Crippen LogP contribution in [-0.4, -0.2) is 36.2 Å². The zero-order valence-corrected chi connectivity index (χ0v) is 7.15. The maximum atomic E-state index is 12.5. The summed E-state index contributed by atoms with van der Waals surface area (Å²) in [5.74, 6) is 0. The van der Waals surface area contributed by atoms with Crippen molar-refractivity contribution >= 4 is 0 Å². The second-order valence-electron chi connectivity index (χ2n) is 3.46. The molecule has 0 aromatic heterocycles. The van der Waals surface area contributed by atoms with Gasteiger partial charge in [-0.15, -0.1) is 0 Å². The molecule has 0 spiro atoms. The normalized spacial score (nSPS) is 39.0. The molecular formula is C7H13F3N2. The molecule has 0 aromatic rings. The Balaban J connectivity index is 2.94. The molecule has 72 valence electrons. The summed E-state index contributed by atoms with van der Waals surface area (Å²) in [5.41, 5.74) is 3.59. The zero-order valence-electron chi connectivity index (χ0n) is 7.15. The quantitative estimate of drug-likeness (QED) is 0.604. The molecule has 5 heteroatoms. The minimum atomic E-state index is -4.24. The van der Waals surface area contributed by atoms with E-state index in [0.29, 0.717) is 13.0 Å². The van der Waals surface area contributed by atoms with E-state index in [-0.39, 0.29) is 0 Å². The minimum Gasteiger partial charge on any atom is -0.326 e. The van der Waals surface area contributed by atoms with Crippen molar-refractivity contribution in [1.29, 1.82) is 0 Å². The smallest absolute Gasteiger partial charge is 0.326 e. The van der Waals surface area contributed by atoms with Crippen LogP contribution in [0.15, 0.2) is 0 Å². The van der Waals surface area contributed by atoms with Gasteiger partial charge < -0.3 is 5.73 Å². The Labute approximate surface area is 69.5 Å². The van der Waals surface area contributed by atoms with Crippen molar-refractivity contribution in [2.24, 2.45) is 5.73 Å². The molecule has 2 atom stereocenters. The fourth-order valence-corrected chi connectivity index (χ4v) is 1.56. The number of rotatable bonds is 0. The van der Waals surface area contributed by atoms with E-state index >= 15 is 0 Å². The van der Waals surface area contributed by atoms with Crippen LogP contribution in [0, 0.1) is 0 Å². The Morgan fingerprint density at radius 1 is 1.50 bits per heavy atom. The SMILES string of the molecule is CN1CCC(N)C1(C)C(F)(F)F. The molecule has 1 aliphatic heterocycles. The summed E-state index contributed by atoms with van der Waals surface area (Å²) in [6.45, 7) is 1.57. The highest BCUT2D eigenvalue weighted by Crippen LogP contribution is 2.40. The van der Waals surface area contributed by atoms with Gasteiger partial charge in [0.15, 0.2) is 0 Å². The largest absolute Gasteiger partial charge is 0.408 e. The summed E-state index contributed by atoms with van der Waals surface area (Å²) < 4.78 is 37.6. The molecule has 2 unspecified atom stereocenters. The highest BCUT2D eigenvalue weighted by molar-refractivity contribution is 5.05. The molecule has 0 amide bonds. The van der Waals surface area contributed by atoms with Crippen LogP contribution in [0.2, 0.25) is 0 Å². The zero-order chi connectivity index (χ0) is 9.57. The van der Waals surface area contributed by atoms with Crippen molar-refractivity contribution < 1.29 is 13.2 Å². The second-order valence-corrected chi connectivity index (χ2v) is 3.46. The molecule has 2 N–H and O–H groups in total. The first-order valence-corrected chi connectivity index (χ1v) is 3.83. The van der Waals surface area contributed by atoms with Crippen LogP contribution in [0.1, 0.15) is 13.3 Å². The van der Waals surface area contributed by atoms with E-state index < -0.39 is 17.8 Å². The van der Waals surface area contributed by atoms with Crippen LogP contribution in [0.5, 0.6) is 0 Å². The number of likely N-dealkylation sites (N-methyl/N-ethyl adjacent to an activating group) is 1. The predicted molar refractivity (Wildman–Crippen MR) is 39.7 cm³/mol. The number of nitrogens with two attached hydrogens (primary N) is 1. The molecule has 1 saturated heterocycles. The standard InChI is InChI=1S/C7H13F3N2/c1-6(7(8,9)10)5(11)3-4-12(6)2/h5H,3-4,11H2,1-2H3. The monoisotopic (exact) mass is 182 g/mol. The van der Waals surface area contributed by atoms with Crippen molar-refractivity contribution in [3.63, 3.8) is 0 Å². The molecule has 0 bridgehead atoms. The number of alkyl halides is 3. The number of nitrogens with zero attached hydrogens (tertiary/aromatic N) is 1. The van der Waals surface area contributed by atoms with E-state index in [1.54, 1.807) is 0 Å². The lowest BCUT2D eigenvalue weighted by atomic mass is 9.93. The van der Waals surface area contributed by atoms with Gasteiger partial charge in [-0.25, -0.2) is 0 Å². The van der Waals surface area contributed by atoms with E-state index in [4.69, 9.17) is 5.73 Å². The molecule has 1 fully saturated rings. The summed E-state index contributed by atoms with van der Waals surface area (Å²) in [5, 5.41) is 0. The molecule has 0 saturated carbocycles. The van der Waals surface area contributed by atoms with E-state index in [0.717, 1.165) is 6.92 Å². The minimum absolute atomic E-state index is 0.409. The third-order valence-electron chi connectivity index (χ3n) is 2.86. The Morgan fingerprint density at radius 2 is 2.00 bits per heavy atom. The van der Waals surface area contributed by atoms with Gasteiger partial charge in [-0.3, -0.25) is 4.90 Å². The van der Waals surface area contributed by atoms with Gasteiger partial charge >= 0.3 is 6.18 Å². The topological polar surface area (TPSA) is 29.3 Å². The number of hydrogen-bond acceptors (Lipinski definition) is 2. The van der Waals surface area contributed by atoms with Gasteiger partial charge in [-0.05, 0) is 20.4 Å². The van der Waals surface area contributed by atoms with Gasteiger partial charge in [-0.2, -0.15) is 13.2 Å². The van der Waals surface area contributed by atoms with E-state index in [1.807, 2.05) is 0 Å². The molecule has 0 aromatic carbocycles. The fraction of sp³-hybridized carbons (Fsp3) is 1.00. The molecule has 2 nitrogen and oxygen atoms in total. The number of halogens is 3. The maximum absolute atomic E-state index is 12.5. The van der Waals surface area contributed by atoms with Gasteiger partial charge in [0.2, 0.25) is 0 Å². The first kappa shape index (κ1) is 9.80. The Kier molecular flexibility index (Phi) is 2.12. The second kappa shape index (κ2) is 2.60. The lowest BCUT2D eigenvalue weighted by Gasteiger charge is -2.37. The maximum Gasteiger partial charge on any atom is 0.408 e. The third-order valence-corrected chi connectivity index (χ3v) is 2.86. The Hall–Kier alpha value is -0.290. The van der Waals surface area contributed by atoms with E-state index in [2.05, 4.69) is 0 Å². The van der Waals surface area contributed by atoms with Crippen molar-refractivity contribution in [2.75, 3.05) is 13.6 Å². The van der Waals surface area contributed by atoms with Crippen LogP contribution < -0.4 is 5.73 Å². The summed E-state index contributed by atoms with van der Waals surface area (Å²) >= 11 is 0. The van der Waals surface area contributed by atoms with Crippen molar-refractivity contribution in [2.45, 2.75) is 31.1 Å². The summed E-state index contributed by atoms with van der Waals surface area (Å²) in [6, 6.07) is -0.803. The molecule has 1 aliphatic rings. The van der Waals surface area contributed by atoms with Crippen molar-refractivity contribution in [3.8, 4) is 0 Å². The van der Waals surface area contributed by atoms with Gasteiger partial charge in [0.25, 0.3) is 0 Å². The predicted octanol–water partition coefficient (Wildman–Crippen LogP) is 0.970. The van der Waals surface area contributed by atoms with Gasteiger partial charge in [0, 0.05) is 12.6 Å². The van der Waals surface area contributed by atoms with Gasteiger partial charge in [0.05, 0.1) is 0 Å². The third kappa shape index (κ3) is 1.11. The van der Waals surface area contributed by atoms with E-state index in [9.17, 15) is 13.2 Å². The van der Waals surface area contributed by atoms with Crippen LogP contribution >= 0.6 is 0 Å². The highest BCUT2D eigenvalue weighted by Gasteiger charge is 2.59. The fourth-order valence-electron chi connectivity index (χ4n) is 1.56. The average molecular weight is 182 g/mol. The van der Waals surface area contributed by atoms with Crippen molar-refractivity contribution in [3.05, 3.63) is 0 Å². The van der Waals surface area contributed by atoms with Crippen LogP contribution in [0.3, 0.4) is 0 Å². The average Bonchev–Trinajstić information content (AvgIpc) is 2.16. The molecule has 1 rings (SSSR count). The Bertz CT molecular complexity index is 168. The Morgan fingerprint density at radius 3 is 2.17 bits per heavy atom. The summed E-state index contributed by atoms with van der Waals surface area (Å²) in [6.07, 6.45) is -3.83. The van der Waals surface area contributed by atoms with Crippen molar-refractivity contribution in [1.82, 2.24) is 4.90 Å². The number of hydrogen-bond donors (Lipinski definition) is 1. The molecule has 0 aliphatic carbocycles. The van der Waals surface area contributed by atoms with Crippen LogP contribution in [0.4, 0.5) is 13.2 Å². The molecular weight excluding hydrogens is 169 g/mol. The van der Waals surface area contributed by atoms with Crippen LogP contribution in [-0.2, 0) is 0 Å². The lowest BCUT2D eigenvalue weighted by Crippen LogP contribution is -2.59. The van der Waals surface area contributed by atoms with Gasteiger partial charge in [0.1, 0.15) is 5.54 Å². The lowest BCUT2D eigenvalue weighted by molar-refractivity contribution is -0.217. The van der Waals surface area contributed by atoms with E-state index in [1.165, 1.54) is 11.9 Å². The summed E-state index contributed by atoms with van der Waals surface area (Å²) in [7, 11) is 1.46. The molecule has 0 radical (unpaired) electrons. The molecule has 12 heavy (non-hydrogen) atoms. The van der Waals surface area contributed by atoms with Gasteiger partial charge in [-0.1, -0.05) is 0 Å². The first-order chi connectivity index (χ1) is 5.30. The highest BCUT2D eigenvalue weighted by atomic mass is 19.4. The van der Waals surface area contributed by atoms with Crippen LogP contribution in [0.25, 0.3) is 0 Å². The first-order valence-electron chi connectivity index (χ1n) is 3.83. The summed E-state index contributed by atoms with van der Waals surface area (Å²) in [4.78, 5) is 1.28. The number of likely N-dealkylation sites (tertiary alicyclic amines) is 1.